The first-order chi connectivity index (χ1) is 11.7. The third-order valence-corrected chi connectivity index (χ3v) is 4.39. The molecule has 1 aliphatic rings. The predicted octanol–water partition coefficient (Wildman–Crippen LogP) is 3.08. The number of ether oxygens (including phenoxy) is 1. The van der Waals surface area contributed by atoms with E-state index in [4.69, 9.17) is 0 Å². The van der Waals surface area contributed by atoms with Crippen molar-refractivity contribution in [1.82, 2.24) is 5.32 Å². The number of carbonyl (C=O) groups is 2. The number of amidine groups is 1. The van der Waals surface area contributed by atoms with Crippen molar-refractivity contribution < 1.29 is 27.5 Å². The van der Waals surface area contributed by atoms with Gasteiger partial charge in [0.15, 0.2) is 5.17 Å². The lowest BCUT2D eigenvalue weighted by atomic mass is 10.1. The van der Waals surface area contributed by atoms with Crippen LogP contribution in [0.25, 0.3) is 0 Å². The summed E-state index contributed by atoms with van der Waals surface area (Å²) >= 11 is 3.98. The molecule has 2 rings (SSSR count). The number of methoxy groups -OCH3 is 1. The van der Waals surface area contributed by atoms with Crippen molar-refractivity contribution in [2.45, 2.75) is 6.18 Å². The van der Waals surface area contributed by atoms with Crippen LogP contribution in [0.15, 0.2) is 43.9 Å². The van der Waals surface area contributed by atoms with Crippen LogP contribution in [0.2, 0.25) is 0 Å². The summed E-state index contributed by atoms with van der Waals surface area (Å²) < 4.78 is 42.9. The zero-order valence-corrected chi connectivity index (χ0v) is 14.8. The van der Waals surface area contributed by atoms with E-state index in [9.17, 15) is 22.8 Å². The molecule has 1 aliphatic heterocycles. The summed E-state index contributed by atoms with van der Waals surface area (Å²) in [6.07, 6.45) is -2.37. The third kappa shape index (κ3) is 5.16. The Morgan fingerprint density at radius 3 is 2.76 bits per heavy atom. The van der Waals surface area contributed by atoms with Gasteiger partial charge in [0, 0.05) is 16.1 Å². The van der Waals surface area contributed by atoms with Gasteiger partial charge in [-0.3, -0.25) is 10.1 Å². The van der Waals surface area contributed by atoms with Gasteiger partial charge in [-0.1, -0.05) is 15.9 Å². The molecule has 0 saturated carbocycles. The van der Waals surface area contributed by atoms with Gasteiger partial charge in [-0.2, -0.15) is 18.3 Å². The smallest absolute Gasteiger partial charge is 0.416 e. The van der Waals surface area contributed by atoms with E-state index in [1.165, 1.54) is 13.2 Å². The summed E-state index contributed by atoms with van der Waals surface area (Å²) in [5, 5.41) is 9.82. The molecule has 1 amide bonds. The molecule has 0 spiro atoms. The Labute approximate surface area is 152 Å². The lowest BCUT2D eigenvalue weighted by Crippen LogP contribution is -2.19. The monoisotopic (exact) mass is 435 g/mol. The van der Waals surface area contributed by atoms with E-state index in [0.29, 0.717) is 4.47 Å². The van der Waals surface area contributed by atoms with Crippen LogP contribution in [0.5, 0.6) is 0 Å². The molecule has 132 valence electrons. The molecule has 0 aliphatic carbocycles. The number of amides is 1. The van der Waals surface area contributed by atoms with Crippen molar-refractivity contribution >= 4 is 51.0 Å². The Kier molecular flexibility index (Phi) is 6.01. The summed E-state index contributed by atoms with van der Waals surface area (Å²) in [7, 11) is 1.17. The van der Waals surface area contributed by atoms with Crippen molar-refractivity contribution in [2.24, 2.45) is 10.2 Å². The van der Waals surface area contributed by atoms with Crippen LogP contribution in [0.3, 0.4) is 0 Å². The average Bonchev–Trinajstić information content (AvgIpc) is 2.87. The molecule has 25 heavy (non-hydrogen) atoms. The minimum Gasteiger partial charge on any atom is -0.466 e. The number of alkyl halides is 3. The molecule has 11 heteroatoms. The van der Waals surface area contributed by atoms with E-state index in [2.05, 4.69) is 36.2 Å². The van der Waals surface area contributed by atoms with Crippen LogP contribution in [0.4, 0.5) is 13.2 Å². The molecular formula is C14H9BrF3N3O3S. The van der Waals surface area contributed by atoms with Crippen molar-refractivity contribution in [2.75, 3.05) is 7.11 Å². The SMILES string of the molecule is COC(=O)/C=C1/S/C(=N\N=Cc2cc(C(F)(F)F)ccc2Br)NC1=O. The first kappa shape index (κ1) is 19.2. The van der Waals surface area contributed by atoms with E-state index in [-0.39, 0.29) is 15.6 Å². The molecule has 1 N–H and O–H groups in total. The molecule has 0 bridgehead atoms. The zero-order valence-electron chi connectivity index (χ0n) is 12.4. The molecule has 1 aromatic carbocycles. The molecule has 1 heterocycles. The molecule has 1 fully saturated rings. The molecule has 1 aromatic rings. The number of benzene rings is 1. The fraction of sp³-hybridized carbons (Fsp3) is 0.143. The fourth-order valence-electron chi connectivity index (χ4n) is 1.60. The maximum atomic E-state index is 12.7. The predicted molar refractivity (Wildman–Crippen MR) is 90.0 cm³/mol. The summed E-state index contributed by atoms with van der Waals surface area (Å²) in [6.45, 7) is 0. The molecule has 1 saturated heterocycles. The van der Waals surface area contributed by atoms with Gasteiger partial charge in [0.05, 0.1) is 23.8 Å². The standard InChI is InChI=1S/C14H9BrF3N3O3S/c1-24-11(22)5-10-12(23)20-13(25-10)21-19-6-7-4-8(14(16,17)18)2-3-9(7)15/h2-6H,1H3,(H,20,21,23)/b10-5+,19-6?. The molecular weight excluding hydrogens is 427 g/mol. The van der Waals surface area contributed by atoms with E-state index in [0.717, 1.165) is 36.2 Å². The number of esters is 1. The van der Waals surface area contributed by atoms with Gasteiger partial charge in [-0.25, -0.2) is 4.79 Å². The van der Waals surface area contributed by atoms with Crippen LogP contribution in [-0.4, -0.2) is 30.4 Å². The largest absolute Gasteiger partial charge is 0.466 e. The number of hydrogen-bond acceptors (Lipinski definition) is 6. The fourth-order valence-corrected chi connectivity index (χ4v) is 2.69. The van der Waals surface area contributed by atoms with Crippen LogP contribution in [0, 0.1) is 0 Å². The number of halogens is 4. The summed E-state index contributed by atoms with van der Waals surface area (Å²) in [6, 6.07) is 3.10. The number of thioether (sulfide) groups is 1. The van der Waals surface area contributed by atoms with Gasteiger partial charge < -0.3 is 4.74 Å². The van der Waals surface area contributed by atoms with Crippen LogP contribution < -0.4 is 5.32 Å². The minimum absolute atomic E-state index is 0.0704. The molecule has 0 unspecified atom stereocenters. The highest BCUT2D eigenvalue weighted by molar-refractivity contribution is 9.10. The summed E-state index contributed by atoms with van der Waals surface area (Å²) in [4.78, 5) is 22.8. The molecule has 0 aromatic heterocycles. The van der Waals surface area contributed by atoms with E-state index in [1.54, 1.807) is 0 Å². The third-order valence-electron chi connectivity index (χ3n) is 2.77. The van der Waals surface area contributed by atoms with Crippen molar-refractivity contribution in [3.8, 4) is 0 Å². The lowest BCUT2D eigenvalue weighted by Gasteiger charge is -2.07. The van der Waals surface area contributed by atoms with E-state index >= 15 is 0 Å². The van der Waals surface area contributed by atoms with Gasteiger partial charge in [-0.15, -0.1) is 5.10 Å². The van der Waals surface area contributed by atoms with Crippen LogP contribution >= 0.6 is 27.7 Å². The summed E-state index contributed by atoms with van der Waals surface area (Å²) in [5.41, 5.74) is -0.657. The molecule has 0 radical (unpaired) electrons. The normalized spacial score (nSPS) is 18.2. The molecule has 6 nitrogen and oxygen atoms in total. The Bertz CT molecular complexity index is 806. The van der Waals surface area contributed by atoms with Gasteiger partial charge in [0.2, 0.25) is 0 Å². The van der Waals surface area contributed by atoms with E-state index in [1.807, 2.05) is 0 Å². The Morgan fingerprint density at radius 1 is 1.40 bits per heavy atom. The number of nitrogens with one attached hydrogen (secondary N) is 1. The maximum Gasteiger partial charge on any atom is 0.416 e. The number of carbonyl (C=O) groups excluding carboxylic acids is 2. The number of hydrogen-bond donors (Lipinski definition) is 1. The number of rotatable bonds is 3. The van der Waals surface area contributed by atoms with Gasteiger partial charge in [-0.05, 0) is 30.0 Å². The molecule has 0 atom stereocenters. The van der Waals surface area contributed by atoms with Crippen molar-refractivity contribution in [1.29, 1.82) is 0 Å². The van der Waals surface area contributed by atoms with Gasteiger partial charge in [0.25, 0.3) is 5.91 Å². The number of nitrogens with zero attached hydrogens (tertiary/aromatic N) is 2. The Hall–Kier alpha value is -2.14. The van der Waals surface area contributed by atoms with Gasteiger partial charge >= 0.3 is 12.1 Å². The Balaban J connectivity index is 2.16. The second kappa shape index (κ2) is 7.83. The second-order valence-electron chi connectivity index (χ2n) is 4.47. The lowest BCUT2D eigenvalue weighted by molar-refractivity contribution is -0.137. The highest BCUT2D eigenvalue weighted by Crippen LogP contribution is 2.31. The highest BCUT2D eigenvalue weighted by Gasteiger charge is 2.30. The quantitative estimate of drug-likeness (QED) is 0.342. The van der Waals surface area contributed by atoms with Gasteiger partial charge in [0.1, 0.15) is 0 Å². The average molecular weight is 436 g/mol. The van der Waals surface area contributed by atoms with E-state index < -0.39 is 23.6 Å². The van der Waals surface area contributed by atoms with Crippen molar-refractivity contribution in [3.63, 3.8) is 0 Å². The second-order valence-corrected chi connectivity index (χ2v) is 6.36. The van der Waals surface area contributed by atoms with Crippen molar-refractivity contribution in [3.05, 3.63) is 44.8 Å². The van der Waals surface area contributed by atoms with Crippen LogP contribution in [0.1, 0.15) is 11.1 Å². The highest BCUT2D eigenvalue weighted by atomic mass is 79.9. The van der Waals surface area contributed by atoms with Crippen LogP contribution in [-0.2, 0) is 20.5 Å². The minimum atomic E-state index is -4.47. The topological polar surface area (TPSA) is 80.1 Å². The first-order valence-corrected chi connectivity index (χ1v) is 8.08. The Morgan fingerprint density at radius 2 is 2.12 bits per heavy atom. The zero-order chi connectivity index (χ0) is 18.6. The first-order valence-electron chi connectivity index (χ1n) is 6.47. The summed E-state index contributed by atoms with van der Waals surface area (Å²) in [5.74, 6) is -1.25. The maximum absolute atomic E-state index is 12.7.